The third kappa shape index (κ3) is 7.07. The van der Waals surface area contributed by atoms with E-state index in [1.165, 1.54) is 0 Å². The third-order valence-electron chi connectivity index (χ3n) is 3.42. The van der Waals surface area contributed by atoms with Gasteiger partial charge in [0.2, 0.25) is 0 Å². The molecule has 0 bridgehead atoms. The number of esters is 1. The number of benzene rings is 1. The topological polar surface area (TPSA) is 93.1 Å². The van der Waals surface area contributed by atoms with Crippen molar-refractivity contribution in [3.8, 4) is 0 Å². The number of ether oxygens (including phenoxy) is 2. The molecule has 1 amide bonds. The molecule has 0 aromatic heterocycles. The summed E-state index contributed by atoms with van der Waals surface area (Å²) < 4.78 is 10.9. The Hall–Kier alpha value is -2.22. The predicted molar refractivity (Wildman–Crippen MR) is 108 cm³/mol. The summed E-state index contributed by atoms with van der Waals surface area (Å²) in [6.07, 6.45) is -0.936. The highest BCUT2D eigenvalue weighted by Crippen LogP contribution is 2.29. The highest BCUT2D eigenvalue weighted by Gasteiger charge is 2.43. The molecule has 0 aliphatic carbocycles. The van der Waals surface area contributed by atoms with Gasteiger partial charge < -0.3 is 14.6 Å². The van der Waals surface area contributed by atoms with E-state index in [1.807, 2.05) is 0 Å². The zero-order valence-electron chi connectivity index (χ0n) is 17.1. The fourth-order valence-corrected chi connectivity index (χ4v) is 2.75. The zero-order valence-corrected chi connectivity index (χ0v) is 18.0. The second-order valence-corrected chi connectivity index (χ2v) is 8.64. The summed E-state index contributed by atoms with van der Waals surface area (Å²) in [5.41, 5.74) is -1.30. The zero-order chi connectivity index (χ0) is 21.7. The van der Waals surface area contributed by atoms with Crippen molar-refractivity contribution < 1.29 is 29.0 Å². The van der Waals surface area contributed by atoms with E-state index in [1.54, 1.807) is 71.9 Å². The van der Waals surface area contributed by atoms with E-state index in [2.05, 4.69) is 12.6 Å². The van der Waals surface area contributed by atoms with Crippen LogP contribution < -0.4 is 0 Å². The van der Waals surface area contributed by atoms with E-state index in [0.29, 0.717) is 5.56 Å². The second-order valence-electron chi connectivity index (χ2n) is 8.27. The first-order chi connectivity index (χ1) is 12.8. The van der Waals surface area contributed by atoms with E-state index in [9.17, 15) is 19.5 Å². The first-order valence-corrected chi connectivity index (χ1v) is 9.53. The molecule has 8 heteroatoms. The lowest BCUT2D eigenvalue weighted by Crippen LogP contribution is -2.52. The SMILES string of the molecule is CC(C)(C)OC(=O)[C@H](c1ccccc1)N(C(=O)OC(C)(C)C)[C@H](CS)C(=O)O. The molecule has 0 aliphatic rings. The first-order valence-electron chi connectivity index (χ1n) is 8.89. The van der Waals surface area contributed by atoms with Crippen molar-refractivity contribution >= 4 is 30.7 Å². The van der Waals surface area contributed by atoms with Crippen LogP contribution in [0.1, 0.15) is 53.1 Å². The van der Waals surface area contributed by atoms with Gasteiger partial charge in [-0.1, -0.05) is 30.3 Å². The molecule has 0 unspecified atom stereocenters. The van der Waals surface area contributed by atoms with Crippen molar-refractivity contribution in [2.75, 3.05) is 5.75 Å². The lowest BCUT2D eigenvalue weighted by molar-refractivity contribution is -0.164. The van der Waals surface area contributed by atoms with E-state index in [0.717, 1.165) is 4.90 Å². The van der Waals surface area contributed by atoms with Crippen molar-refractivity contribution in [2.45, 2.75) is 64.8 Å². The van der Waals surface area contributed by atoms with Crippen LogP contribution in [0.4, 0.5) is 4.79 Å². The smallest absolute Gasteiger partial charge is 0.412 e. The van der Waals surface area contributed by atoms with Gasteiger partial charge in [-0.05, 0) is 47.1 Å². The van der Waals surface area contributed by atoms with Crippen LogP contribution in [0.3, 0.4) is 0 Å². The fraction of sp³-hybridized carbons (Fsp3) is 0.550. The van der Waals surface area contributed by atoms with Gasteiger partial charge in [0.1, 0.15) is 17.2 Å². The molecule has 0 heterocycles. The molecular weight excluding hydrogens is 382 g/mol. The van der Waals surface area contributed by atoms with Gasteiger partial charge in [-0.15, -0.1) is 0 Å². The molecule has 28 heavy (non-hydrogen) atoms. The number of thiol groups is 1. The fourth-order valence-electron chi connectivity index (χ4n) is 2.42. The normalized spacial score (nSPS) is 14.0. The Labute approximate surface area is 171 Å². The summed E-state index contributed by atoms with van der Waals surface area (Å²) >= 11 is 4.08. The number of aliphatic carboxylic acids is 1. The van der Waals surface area contributed by atoms with Crippen LogP contribution in [0.2, 0.25) is 0 Å². The maximum atomic E-state index is 13.0. The van der Waals surface area contributed by atoms with Crippen molar-refractivity contribution in [1.82, 2.24) is 4.90 Å². The number of carboxylic acids is 1. The molecule has 1 aromatic carbocycles. The number of amides is 1. The molecular formula is C20H29NO6S. The van der Waals surface area contributed by atoms with Crippen molar-refractivity contribution in [3.05, 3.63) is 35.9 Å². The molecule has 0 saturated heterocycles. The minimum Gasteiger partial charge on any atom is -0.480 e. The minimum atomic E-state index is -1.39. The van der Waals surface area contributed by atoms with E-state index < -0.39 is 41.3 Å². The van der Waals surface area contributed by atoms with E-state index in [-0.39, 0.29) is 5.75 Å². The second kappa shape index (κ2) is 9.32. The van der Waals surface area contributed by atoms with Gasteiger partial charge >= 0.3 is 18.0 Å². The predicted octanol–water partition coefficient (Wildman–Crippen LogP) is 3.69. The van der Waals surface area contributed by atoms with Crippen LogP contribution in [0.15, 0.2) is 30.3 Å². The number of nitrogens with zero attached hydrogens (tertiary/aromatic N) is 1. The van der Waals surface area contributed by atoms with Gasteiger partial charge in [0.25, 0.3) is 0 Å². The molecule has 1 aromatic rings. The molecule has 0 spiro atoms. The molecule has 0 aliphatic heterocycles. The summed E-state index contributed by atoms with van der Waals surface area (Å²) in [7, 11) is 0. The van der Waals surface area contributed by atoms with E-state index in [4.69, 9.17) is 9.47 Å². The van der Waals surface area contributed by atoms with Gasteiger partial charge in [-0.3, -0.25) is 4.90 Å². The number of hydrogen-bond donors (Lipinski definition) is 2. The Kier molecular flexibility index (Phi) is 7.93. The van der Waals surface area contributed by atoms with Crippen LogP contribution in [-0.2, 0) is 19.1 Å². The van der Waals surface area contributed by atoms with Crippen LogP contribution in [0.25, 0.3) is 0 Å². The highest BCUT2D eigenvalue weighted by molar-refractivity contribution is 7.80. The standard InChI is InChI=1S/C20H29NO6S/c1-19(2,3)26-17(24)15(13-10-8-7-9-11-13)21(14(12-28)16(22)23)18(25)27-20(4,5)6/h7-11,14-15,28H,12H2,1-6H3,(H,22,23)/t14-,15+/m1/s1. The quantitative estimate of drug-likeness (QED) is 0.548. The summed E-state index contributed by atoms with van der Waals surface area (Å²) in [4.78, 5) is 38.7. The molecule has 1 N–H and O–H groups in total. The maximum Gasteiger partial charge on any atom is 0.412 e. The van der Waals surface area contributed by atoms with Crippen molar-refractivity contribution in [3.63, 3.8) is 0 Å². The van der Waals surface area contributed by atoms with Crippen LogP contribution in [0.5, 0.6) is 0 Å². The molecule has 0 fully saturated rings. The summed E-state index contributed by atoms with van der Waals surface area (Å²) in [5, 5.41) is 9.65. The monoisotopic (exact) mass is 411 g/mol. The number of carboxylic acid groups (broad SMARTS) is 1. The van der Waals surface area contributed by atoms with Crippen LogP contribution in [-0.4, -0.2) is 51.0 Å². The van der Waals surface area contributed by atoms with E-state index >= 15 is 0 Å². The molecule has 2 atom stereocenters. The van der Waals surface area contributed by atoms with Gasteiger partial charge in [-0.25, -0.2) is 14.4 Å². The molecule has 1 rings (SSSR count). The summed E-state index contributed by atoms with van der Waals surface area (Å²) in [6.45, 7) is 10.0. The molecule has 156 valence electrons. The van der Waals surface area contributed by atoms with Crippen LogP contribution >= 0.6 is 12.6 Å². The Morgan fingerprint density at radius 2 is 1.50 bits per heavy atom. The van der Waals surface area contributed by atoms with Crippen molar-refractivity contribution in [2.24, 2.45) is 0 Å². The van der Waals surface area contributed by atoms with Gasteiger partial charge in [0, 0.05) is 5.75 Å². The third-order valence-corrected chi connectivity index (χ3v) is 3.77. The number of hydrogen-bond acceptors (Lipinski definition) is 6. The maximum absolute atomic E-state index is 13.0. The average molecular weight is 412 g/mol. The summed E-state index contributed by atoms with van der Waals surface area (Å²) in [6, 6.07) is 5.69. The van der Waals surface area contributed by atoms with Gasteiger partial charge in [-0.2, -0.15) is 12.6 Å². The lowest BCUT2D eigenvalue weighted by Gasteiger charge is -2.36. The molecule has 7 nitrogen and oxygen atoms in total. The Morgan fingerprint density at radius 1 is 1.00 bits per heavy atom. The Bertz CT molecular complexity index is 693. The number of rotatable bonds is 6. The van der Waals surface area contributed by atoms with Crippen molar-refractivity contribution in [1.29, 1.82) is 0 Å². The summed E-state index contributed by atoms with van der Waals surface area (Å²) in [5.74, 6) is -2.26. The average Bonchev–Trinajstić information content (AvgIpc) is 2.51. The minimum absolute atomic E-state index is 0.208. The first kappa shape index (κ1) is 23.8. The molecule has 0 radical (unpaired) electrons. The van der Waals surface area contributed by atoms with Gasteiger partial charge in [0.15, 0.2) is 6.04 Å². The lowest BCUT2D eigenvalue weighted by atomic mass is 10.0. The largest absolute Gasteiger partial charge is 0.480 e. The Morgan fingerprint density at radius 3 is 1.89 bits per heavy atom. The Balaban J connectivity index is 3.54. The molecule has 0 saturated carbocycles. The van der Waals surface area contributed by atoms with Gasteiger partial charge in [0.05, 0.1) is 0 Å². The number of carbonyl (C=O) groups is 3. The highest BCUT2D eigenvalue weighted by atomic mass is 32.1. The van der Waals surface area contributed by atoms with Crippen LogP contribution in [0, 0.1) is 0 Å². The number of carbonyl (C=O) groups excluding carboxylic acids is 2.